The van der Waals surface area contributed by atoms with Gasteiger partial charge in [0.25, 0.3) is 0 Å². The molecule has 1 rings (SSSR count). The highest BCUT2D eigenvalue weighted by Gasteiger charge is 2.09. The summed E-state index contributed by atoms with van der Waals surface area (Å²) in [6, 6.07) is 7.53. The number of ether oxygens (including phenoxy) is 2. The average molecular weight is 351 g/mol. The van der Waals surface area contributed by atoms with Gasteiger partial charge < -0.3 is 25.2 Å². The summed E-state index contributed by atoms with van der Waals surface area (Å²) in [5.74, 6) is 1.46. The first-order valence-electron chi connectivity index (χ1n) is 9.11. The molecule has 142 valence electrons. The Morgan fingerprint density at radius 3 is 2.72 bits per heavy atom. The SMILES string of the molecule is CCNC(=NCC(O)c1cccc(OC(C)C)c1)NCCCOCC. The number of guanidine groups is 1. The fourth-order valence-electron chi connectivity index (χ4n) is 2.22. The first kappa shape index (κ1) is 21.3. The zero-order valence-electron chi connectivity index (χ0n) is 15.9. The Balaban J connectivity index is 2.56. The van der Waals surface area contributed by atoms with Crippen LogP contribution in [0, 0.1) is 0 Å². The van der Waals surface area contributed by atoms with Gasteiger partial charge in [-0.05, 0) is 51.8 Å². The molecule has 0 bridgehead atoms. The first-order valence-corrected chi connectivity index (χ1v) is 9.11. The Kier molecular flexibility index (Phi) is 10.7. The van der Waals surface area contributed by atoms with E-state index < -0.39 is 6.10 Å². The molecule has 1 aromatic rings. The molecular weight excluding hydrogens is 318 g/mol. The molecule has 6 nitrogen and oxygen atoms in total. The largest absolute Gasteiger partial charge is 0.491 e. The predicted octanol–water partition coefficient (Wildman–Crippen LogP) is 2.49. The van der Waals surface area contributed by atoms with E-state index in [1.807, 2.05) is 52.0 Å². The lowest BCUT2D eigenvalue weighted by atomic mass is 10.1. The van der Waals surface area contributed by atoms with Gasteiger partial charge >= 0.3 is 0 Å². The van der Waals surface area contributed by atoms with E-state index >= 15 is 0 Å². The molecule has 0 aromatic heterocycles. The van der Waals surface area contributed by atoms with E-state index in [2.05, 4.69) is 15.6 Å². The molecule has 0 aliphatic rings. The van der Waals surface area contributed by atoms with Gasteiger partial charge in [0.1, 0.15) is 5.75 Å². The lowest BCUT2D eigenvalue weighted by molar-refractivity contribution is 0.145. The molecule has 0 spiro atoms. The second kappa shape index (κ2) is 12.6. The van der Waals surface area contributed by atoms with Crippen molar-refractivity contribution in [2.45, 2.75) is 46.3 Å². The maximum atomic E-state index is 10.4. The highest BCUT2D eigenvalue weighted by Crippen LogP contribution is 2.20. The quantitative estimate of drug-likeness (QED) is 0.324. The molecule has 1 atom stereocenters. The minimum absolute atomic E-state index is 0.103. The summed E-state index contributed by atoms with van der Waals surface area (Å²) in [5, 5.41) is 16.8. The van der Waals surface area contributed by atoms with Gasteiger partial charge in [0.2, 0.25) is 0 Å². The molecule has 6 heteroatoms. The summed E-state index contributed by atoms with van der Waals surface area (Å²) >= 11 is 0. The van der Waals surface area contributed by atoms with Crippen molar-refractivity contribution in [3.63, 3.8) is 0 Å². The molecule has 1 aromatic carbocycles. The Morgan fingerprint density at radius 2 is 2.04 bits per heavy atom. The lowest BCUT2D eigenvalue weighted by Gasteiger charge is -2.15. The summed E-state index contributed by atoms with van der Waals surface area (Å²) < 4.78 is 11.0. The second-order valence-electron chi connectivity index (χ2n) is 5.95. The summed E-state index contributed by atoms with van der Waals surface area (Å²) in [5.41, 5.74) is 0.800. The smallest absolute Gasteiger partial charge is 0.191 e. The normalized spacial score (nSPS) is 13.0. The second-order valence-corrected chi connectivity index (χ2v) is 5.95. The highest BCUT2D eigenvalue weighted by atomic mass is 16.5. The van der Waals surface area contributed by atoms with Gasteiger partial charge in [0.15, 0.2) is 5.96 Å². The molecule has 25 heavy (non-hydrogen) atoms. The number of benzene rings is 1. The molecule has 0 aliphatic carbocycles. The monoisotopic (exact) mass is 351 g/mol. The first-order chi connectivity index (χ1) is 12.1. The number of aliphatic imine (C=N–C) groups is 1. The van der Waals surface area contributed by atoms with E-state index in [0.717, 1.165) is 44.0 Å². The van der Waals surface area contributed by atoms with Crippen molar-refractivity contribution >= 4 is 5.96 Å². The highest BCUT2D eigenvalue weighted by molar-refractivity contribution is 5.79. The van der Waals surface area contributed by atoms with Crippen LogP contribution < -0.4 is 15.4 Å². The van der Waals surface area contributed by atoms with E-state index in [1.54, 1.807) is 0 Å². The van der Waals surface area contributed by atoms with Crippen LogP contribution in [0.1, 0.15) is 45.8 Å². The fourth-order valence-corrected chi connectivity index (χ4v) is 2.22. The maximum Gasteiger partial charge on any atom is 0.191 e. The summed E-state index contributed by atoms with van der Waals surface area (Å²) in [7, 11) is 0. The molecule has 0 saturated carbocycles. The van der Waals surface area contributed by atoms with Crippen LogP contribution >= 0.6 is 0 Å². The number of hydrogen-bond acceptors (Lipinski definition) is 4. The molecule has 0 fully saturated rings. The molecule has 1 unspecified atom stereocenters. The van der Waals surface area contributed by atoms with Crippen molar-refractivity contribution in [3.05, 3.63) is 29.8 Å². The Hall–Kier alpha value is -1.79. The van der Waals surface area contributed by atoms with Gasteiger partial charge in [-0.1, -0.05) is 12.1 Å². The lowest BCUT2D eigenvalue weighted by Crippen LogP contribution is -2.38. The molecule has 0 amide bonds. The number of nitrogens with one attached hydrogen (secondary N) is 2. The van der Waals surface area contributed by atoms with E-state index in [-0.39, 0.29) is 12.6 Å². The number of aliphatic hydroxyl groups excluding tert-OH is 1. The van der Waals surface area contributed by atoms with E-state index in [0.29, 0.717) is 5.96 Å². The van der Waals surface area contributed by atoms with Gasteiger partial charge in [-0.2, -0.15) is 0 Å². The van der Waals surface area contributed by atoms with Crippen LogP contribution in [-0.2, 0) is 4.74 Å². The predicted molar refractivity (Wildman–Crippen MR) is 102 cm³/mol. The van der Waals surface area contributed by atoms with Crippen molar-refractivity contribution in [2.75, 3.05) is 32.8 Å². The summed E-state index contributed by atoms with van der Waals surface area (Å²) in [6.45, 7) is 11.3. The van der Waals surface area contributed by atoms with Gasteiger partial charge in [-0.25, -0.2) is 0 Å². The molecular formula is C19H33N3O3. The van der Waals surface area contributed by atoms with Gasteiger partial charge in [0.05, 0.1) is 18.8 Å². The van der Waals surface area contributed by atoms with Crippen LogP contribution in [-0.4, -0.2) is 50.0 Å². The third kappa shape index (κ3) is 9.31. The van der Waals surface area contributed by atoms with Crippen LogP contribution in [0.15, 0.2) is 29.3 Å². The third-order valence-corrected chi connectivity index (χ3v) is 3.34. The molecule has 0 aliphatic heterocycles. The zero-order valence-corrected chi connectivity index (χ0v) is 15.9. The Labute approximate surface area is 151 Å². The van der Waals surface area contributed by atoms with Crippen LogP contribution in [0.2, 0.25) is 0 Å². The Morgan fingerprint density at radius 1 is 1.24 bits per heavy atom. The minimum atomic E-state index is -0.672. The van der Waals surface area contributed by atoms with E-state index in [1.165, 1.54) is 0 Å². The summed E-state index contributed by atoms with van der Waals surface area (Å²) in [4.78, 5) is 4.46. The van der Waals surface area contributed by atoms with Gasteiger partial charge in [0, 0.05) is 26.3 Å². The van der Waals surface area contributed by atoms with Crippen LogP contribution in [0.5, 0.6) is 5.75 Å². The van der Waals surface area contributed by atoms with E-state index in [9.17, 15) is 5.11 Å². The van der Waals surface area contributed by atoms with Gasteiger partial charge in [-0.15, -0.1) is 0 Å². The molecule has 0 heterocycles. The van der Waals surface area contributed by atoms with Crippen LogP contribution in [0.4, 0.5) is 0 Å². The average Bonchev–Trinajstić information content (AvgIpc) is 2.58. The van der Waals surface area contributed by atoms with Crippen molar-refractivity contribution in [2.24, 2.45) is 4.99 Å². The van der Waals surface area contributed by atoms with Crippen molar-refractivity contribution in [1.82, 2.24) is 10.6 Å². The van der Waals surface area contributed by atoms with Gasteiger partial charge in [-0.3, -0.25) is 4.99 Å². The van der Waals surface area contributed by atoms with Crippen LogP contribution in [0.3, 0.4) is 0 Å². The van der Waals surface area contributed by atoms with Crippen LogP contribution in [0.25, 0.3) is 0 Å². The number of aliphatic hydroxyl groups is 1. The van der Waals surface area contributed by atoms with E-state index in [4.69, 9.17) is 9.47 Å². The van der Waals surface area contributed by atoms with Crippen molar-refractivity contribution < 1.29 is 14.6 Å². The Bertz CT molecular complexity index is 506. The summed E-state index contributed by atoms with van der Waals surface area (Å²) in [6.07, 6.45) is 0.344. The maximum absolute atomic E-state index is 10.4. The standard InChI is InChI=1S/C19H33N3O3/c1-5-20-19(21-11-8-12-24-6-2)22-14-18(23)16-9-7-10-17(13-16)25-15(3)4/h7,9-10,13,15,18,23H,5-6,8,11-12,14H2,1-4H3,(H2,20,21,22). The number of hydrogen-bond donors (Lipinski definition) is 3. The zero-order chi connectivity index (χ0) is 18.5. The molecule has 0 radical (unpaired) electrons. The van der Waals surface area contributed by atoms with Crippen molar-refractivity contribution in [3.8, 4) is 5.75 Å². The minimum Gasteiger partial charge on any atom is -0.491 e. The molecule has 3 N–H and O–H groups in total. The third-order valence-electron chi connectivity index (χ3n) is 3.34. The van der Waals surface area contributed by atoms with Crippen molar-refractivity contribution in [1.29, 1.82) is 0 Å². The number of rotatable bonds is 11. The number of nitrogens with zero attached hydrogens (tertiary/aromatic N) is 1. The molecule has 0 saturated heterocycles. The fraction of sp³-hybridized carbons (Fsp3) is 0.632. The topological polar surface area (TPSA) is 75.1 Å².